The fraction of sp³-hybridized carbons (Fsp3) is 0.476. The number of ketones is 1. The zero-order valence-electron chi connectivity index (χ0n) is 17.1. The summed E-state index contributed by atoms with van der Waals surface area (Å²) in [6.07, 6.45) is 0.499. The van der Waals surface area contributed by atoms with Crippen molar-refractivity contribution in [3.05, 3.63) is 34.1 Å². The lowest BCUT2D eigenvalue weighted by molar-refractivity contribution is 0.101. The molecule has 7 heteroatoms. The molecule has 0 aliphatic rings. The highest BCUT2D eigenvalue weighted by molar-refractivity contribution is 6.02. The molecule has 0 aliphatic carbocycles. The number of carbonyl (C=O) groups excluding carboxylic acids is 1. The highest BCUT2D eigenvalue weighted by Gasteiger charge is 2.25. The molecule has 1 aromatic heterocycles. The van der Waals surface area contributed by atoms with E-state index in [0.717, 1.165) is 17.7 Å². The lowest BCUT2D eigenvalue weighted by Crippen LogP contribution is -2.34. The van der Waals surface area contributed by atoms with Crippen LogP contribution in [0.4, 0.5) is 10.6 Å². The third-order valence-electron chi connectivity index (χ3n) is 4.50. The first-order valence-corrected chi connectivity index (χ1v) is 9.49. The molecule has 0 atom stereocenters. The van der Waals surface area contributed by atoms with Crippen LogP contribution >= 0.6 is 0 Å². The fourth-order valence-corrected chi connectivity index (χ4v) is 3.04. The Morgan fingerprint density at radius 3 is 2.46 bits per heavy atom. The number of nitrogens with zero attached hydrogens (tertiary/aromatic N) is 2. The number of rotatable bonds is 8. The van der Waals surface area contributed by atoms with Gasteiger partial charge in [-0.05, 0) is 31.4 Å². The van der Waals surface area contributed by atoms with Crippen molar-refractivity contribution in [1.29, 1.82) is 0 Å². The molecule has 2 rings (SSSR count). The van der Waals surface area contributed by atoms with E-state index in [1.54, 1.807) is 18.2 Å². The molecule has 0 radical (unpaired) electrons. The largest absolute Gasteiger partial charge is 0.489 e. The predicted octanol–water partition coefficient (Wildman–Crippen LogP) is 4.15. The Kier molecular flexibility index (Phi) is 6.83. The summed E-state index contributed by atoms with van der Waals surface area (Å²) in [5, 5.41) is 10.5. The van der Waals surface area contributed by atoms with Crippen molar-refractivity contribution in [3.8, 4) is 5.75 Å². The highest BCUT2D eigenvalue weighted by atomic mass is 16.5. The van der Waals surface area contributed by atoms with E-state index in [-0.39, 0.29) is 23.1 Å². The number of hydrogen-bond donors (Lipinski definition) is 1. The van der Waals surface area contributed by atoms with Crippen LogP contribution in [0, 0.1) is 5.92 Å². The molecule has 0 aliphatic heterocycles. The first kappa shape index (κ1) is 21.5. The van der Waals surface area contributed by atoms with Gasteiger partial charge in [0.1, 0.15) is 0 Å². The number of carbonyl (C=O) groups is 2. The van der Waals surface area contributed by atoms with E-state index in [2.05, 4.69) is 0 Å². The standard InChI is InChI=1S/C21H28N2O5/c1-6-7-10-28-18-17-11-15(14(4)24)8-9-16(17)20(25)23(12-13(2)3)19(18)22(5)21(26)27/h8-9,11,13H,6-7,10,12H2,1-5H3,(H,26,27). The number of carboxylic acid groups (broad SMARTS) is 1. The van der Waals surface area contributed by atoms with Gasteiger partial charge in [-0.15, -0.1) is 0 Å². The average molecular weight is 388 g/mol. The number of aromatic nitrogens is 1. The van der Waals surface area contributed by atoms with Crippen LogP contribution in [-0.4, -0.2) is 35.2 Å². The summed E-state index contributed by atoms with van der Waals surface area (Å²) in [6, 6.07) is 4.84. The molecule has 1 N–H and O–H groups in total. The second kappa shape index (κ2) is 8.91. The molecule has 1 heterocycles. The summed E-state index contributed by atoms with van der Waals surface area (Å²) in [6.45, 7) is 8.12. The quantitative estimate of drug-likeness (QED) is 0.542. The Bertz CT molecular complexity index is 946. The van der Waals surface area contributed by atoms with Crippen molar-refractivity contribution in [2.24, 2.45) is 5.92 Å². The van der Waals surface area contributed by atoms with Gasteiger partial charge in [0.15, 0.2) is 17.4 Å². The van der Waals surface area contributed by atoms with E-state index in [1.165, 1.54) is 18.5 Å². The molecule has 28 heavy (non-hydrogen) atoms. The summed E-state index contributed by atoms with van der Waals surface area (Å²) >= 11 is 0. The van der Waals surface area contributed by atoms with Crippen LogP contribution < -0.4 is 15.2 Å². The van der Waals surface area contributed by atoms with Crippen LogP contribution in [0.2, 0.25) is 0 Å². The number of fused-ring (bicyclic) bond motifs is 1. The summed E-state index contributed by atoms with van der Waals surface area (Å²) in [7, 11) is 1.39. The topological polar surface area (TPSA) is 88.8 Å². The smallest absolute Gasteiger partial charge is 0.412 e. The second-order valence-corrected chi connectivity index (χ2v) is 7.32. The van der Waals surface area contributed by atoms with Crippen LogP contribution in [-0.2, 0) is 6.54 Å². The van der Waals surface area contributed by atoms with Crippen LogP contribution in [0.1, 0.15) is 50.9 Å². The van der Waals surface area contributed by atoms with Crippen LogP contribution in [0.25, 0.3) is 10.8 Å². The number of amides is 1. The Morgan fingerprint density at radius 2 is 1.93 bits per heavy atom. The van der Waals surface area contributed by atoms with Crippen molar-refractivity contribution in [2.75, 3.05) is 18.6 Å². The van der Waals surface area contributed by atoms with E-state index in [1.807, 2.05) is 20.8 Å². The Balaban J connectivity index is 2.92. The molecule has 152 valence electrons. The van der Waals surface area contributed by atoms with Crippen molar-refractivity contribution in [3.63, 3.8) is 0 Å². The van der Waals surface area contributed by atoms with E-state index in [4.69, 9.17) is 4.74 Å². The molecular weight excluding hydrogens is 360 g/mol. The van der Waals surface area contributed by atoms with Crippen LogP contribution in [0.15, 0.2) is 23.0 Å². The maximum Gasteiger partial charge on any atom is 0.412 e. The maximum absolute atomic E-state index is 13.2. The zero-order valence-corrected chi connectivity index (χ0v) is 17.1. The highest BCUT2D eigenvalue weighted by Crippen LogP contribution is 2.35. The summed E-state index contributed by atoms with van der Waals surface area (Å²) in [5.41, 5.74) is 0.141. The normalized spacial score (nSPS) is 11.1. The number of benzene rings is 1. The predicted molar refractivity (Wildman–Crippen MR) is 110 cm³/mol. The molecule has 7 nitrogen and oxygen atoms in total. The van der Waals surface area contributed by atoms with Crippen molar-refractivity contribution in [2.45, 2.75) is 47.1 Å². The molecule has 0 spiro atoms. The minimum atomic E-state index is -1.20. The van der Waals surface area contributed by atoms with E-state index in [0.29, 0.717) is 35.2 Å². The maximum atomic E-state index is 13.2. The number of Topliss-reactive ketones (excluding diaryl/α,β-unsaturated/α-hetero) is 1. The summed E-state index contributed by atoms with van der Waals surface area (Å²) in [5.74, 6) is 0.490. The lowest BCUT2D eigenvalue weighted by Gasteiger charge is -2.25. The fourth-order valence-electron chi connectivity index (χ4n) is 3.04. The first-order valence-electron chi connectivity index (χ1n) is 9.49. The van der Waals surface area contributed by atoms with Gasteiger partial charge < -0.3 is 9.84 Å². The lowest BCUT2D eigenvalue weighted by atomic mass is 10.0. The molecular formula is C21H28N2O5. The van der Waals surface area contributed by atoms with E-state index in [9.17, 15) is 19.5 Å². The van der Waals surface area contributed by atoms with Gasteiger partial charge in [-0.1, -0.05) is 33.3 Å². The van der Waals surface area contributed by atoms with Gasteiger partial charge in [-0.25, -0.2) is 4.79 Å². The molecule has 0 bridgehead atoms. The van der Waals surface area contributed by atoms with Gasteiger partial charge in [0.05, 0.1) is 12.0 Å². The van der Waals surface area contributed by atoms with Gasteiger partial charge in [0.25, 0.3) is 5.56 Å². The molecule has 0 saturated carbocycles. The minimum Gasteiger partial charge on any atom is -0.489 e. The first-order chi connectivity index (χ1) is 13.2. The van der Waals surface area contributed by atoms with E-state index < -0.39 is 6.09 Å². The third kappa shape index (κ3) is 4.35. The van der Waals surface area contributed by atoms with Gasteiger partial charge in [-0.2, -0.15) is 0 Å². The number of hydrogen-bond acceptors (Lipinski definition) is 4. The van der Waals surface area contributed by atoms with Gasteiger partial charge in [0.2, 0.25) is 0 Å². The number of ether oxygens (including phenoxy) is 1. The van der Waals surface area contributed by atoms with Crippen LogP contribution in [0.3, 0.4) is 0 Å². The van der Waals surface area contributed by atoms with Crippen molar-refractivity contribution >= 4 is 28.5 Å². The molecule has 0 fully saturated rings. The number of unbranched alkanes of at least 4 members (excludes halogenated alkanes) is 1. The summed E-state index contributed by atoms with van der Waals surface area (Å²) in [4.78, 5) is 37.8. The van der Waals surface area contributed by atoms with Gasteiger partial charge >= 0.3 is 6.09 Å². The van der Waals surface area contributed by atoms with Gasteiger partial charge in [-0.3, -0.25) is 19.1 Å². The second-order valence-electron chi connectivity index (χ2n) is 7.32. The summed E-state index contributed by atoms with van der Waals surface area (Å²) < 4.78 is 7.45. The molecule has 0 unspecified atom stereocenters. The van der Waals surface area contributed by atoms with Crippen LogP contribution in [0.5, 0.6) is 5.75 Å². The average Bonchev–Trinajstić information content (AvgIpc) is 2.63. The van der Waals surface area contributed by atoms with E-state index >= 15 is 0 Å². The number of pyridine rings is 1. The number of anilines is 1. The van der Waals surface area contributed by atoms with Crippen molar-refractivity contribution < 1.29 is 19.4 Å². The minimum absolute atomic E-state index is 0.121. The molecule has 2 aromatic rings. The molecule has 0 saturated heterocycles. The van der Waals surface area contributed by atoms with Crippen molar-refractivity contribution in [1.82, 2.24) is 4.57 Å². The SMILES string of the molecule is CCCCOc1c(N(C)C(=O)O)n(CC(C)C)c(=O)c2ccc(C(C)=O)cc12. The zero-order chi connectivity index (χ0) is 21.0. The Labute approximate surface area is 164 Å². The Morgan fingerprint density at radius 1 is 1.25 bits per heavy atom. The van der Waals surface area contributed by atoms with Gasteiger partial charge in [0, 0.05) is 24.5 Å². The third-order valence-corrected chi connectivity index (χ3v) is 4.50. The molecule has 1 aromatic carbocycles. The monoisotopic (exact) mass is 388 g/mol. The molecule has 1 amide bonds. The Hall–Kier alpha value is -2.83.